The van der Waals surface area contributed by atoms with Crippen molar-refractivity contribution in [2.24, 2.45) is 5.73 Å². The first-order chi connectivity index (χ1) is 16.5. The summed E-state index contributed by atoms with van der Waals surface area (Å²) in [5.41, 5.74) is 7.48. The minimum Gasteiger partial charge on any atom is -0.443 e. The van der Waals surface area contributed by atoms with Crippen molar-refractivity contribution in [2.75, 3.05) is 54.4 Å². The molecular weight excluding hydrogens is 447 g/mol. The van der Waals surface area contributed by atoms with Gasteiger partial charge in [0.25, 0.3) is 0 Å². The molecule has 1 atom stereocenters. The van der Waals surface area contributed by atoms with Crippen LogP contribution in [0.15, 0.2) is 46.9 Å². The Labute approximate surface area is 193 Å². The first kappa shape index (κ1) is 21.9. The Balaban J connectivity index is 1.23. The van der Waals surface area contributed by atoms with E-state index in [1.54, 1.807) is 29.2 Å². The third kappa shape index (κ3) is 4.32. The Hall–Kier alpha value is -3.90. The maximum atomic E-state index is 15.0. The molecule has 2 aliphatic heterocycles. The van der Waals surface area contributed by atoms with Crippen molar-refractivity contribution in [3.63, 3.8) is 0 Å². The Morgan fingerprint density at radius 2 is 2.06 bits per heavy atom. The SMILES string of the molecule is NC[C@H]1CN(c2ccc(N3CCON(C(=O)Nc4nc5ccccc5o4)CC3)c(F)c2)C(=O)O1. The number of hydroxylamine groups is 2. The zero-order valence-electron chi connectivity index (χ0n) is 18.1. The number of nitrogens with two attached hydrogens (primary N) is 1. The molecule has 0 radical (unpaired) electrons. The van der Waals surface area contributed by atoms with Crippen LogP contribution in [0.4, 0.5) is 31.4 Å². The molecule has 3 amide bonds. The molecule has 178 valence electrons. The van der Waals surface area contributed by atoms with Gasteiger partial charge >= 0.3 is 18.1 Å². The van der Waals surface area contributed by atoms with Gasteiger partial charge in [-0.25, -0.2) is 19.0 Å². The second kappa shape index (κ2) is 9.15. The van der Waals surface area contributed by atoms with Gasteiger partial charge in [0.1, 0.15) is 17.4 Å². The number of oxazole rings is 1. The quantitative estimate of drug-likeness (QED) is 0.596. The number of anilines is 3. The lowest BCUT2D eigenvalue weighted by molar-refractivity contribution is -0.100. The zero-order chi connectivity index (χ0) is 23.7. The summed E-state index contributed by atoms with van der Waals surface area (Å²) in [6.07, 6.45) is -0.962. The molecule has 0 aliphatic carbocycles. The van der Waals surface area contributed by atoms with Crippen LogP contribution in [0.2, 0.25) is 0 Å². The van der Waals surface area contributed by atoms with Gasteiger partial charge in [-0.15, -0.1) is 0 Å². The molecule has 3 aromatic rings. The molecule has 3 N–H and O–H groups in total. The van der Waals surface area contributed by atoms with Gasteiger partial charge in [-0.05, 0) is 30.3 Å². The van der Waals surface area contributed by atoms with Crippen LogP contribution in [0.25, 0.3) is 11.1 Å². The van der Waals surface area contributed by atoms with E-state index in [2.05, 4.69) is 10.3 Å². The molecule has 5 rings (SSSR count). The second-order valence-electron chi connectivity index (χ2n) is 7.83. The Morgan fingerprint density at radius 1 is 1.21 bits per heavy atom. The lowest BCUT2D eigenvalue weighted by atomic mass is 10.2. The molecule has 2 fully saturated rings. The molecule has 0 bridgehead atoms. The van der Waals surface area contributed by atoms with Crippen LogP contribution in [-0.4, -0.2) is 67.6 Å². The van der Waals surface area contributed by atoms with Crippen molar-refractivity contribution < 1.29 is 28.0 Å². The molecule has 0 spiro atoms. The number of nitrogens with zero attached hydrogens (tertiary/aromatic N) is 4. The molecule has 0 unspecified atom stereocenters. The second-order valence-corrected chi connectivity index (χ2v) is 7.83. The number of nitrogens with one attached hydrogen (secondary N) is 1. The number of rotatable bonds is 4. The van der Waals surface area contributed by atoms with E-state index in [0.717, 1.165) is 5.06 Å². The topological polar surface area (TPSA) is 126 Å². The number of urea groups is 1. The standard InChI is InChI=1S/C22H23FN6O5/c23-16-11-14(28-13-15(12-24)33-22(28)31)5-6-18(16)27-7-8-29(32-10-9-27)21(30)26-20-25-17-3-1-2-4-19(17)34-20/h1-6,11,15H,7-10,12-13,24H2,(H,25,26,30)/t15-/m0/s1. The van der Waals surface area contributed by atoms with E-state index in [0.29, 0.717) is 35.6 Å². The number of carbonyl (C=O) groups excluding carboxylic acids is 2. The van der Waals surface area contributed by atoms with Gasteiger partial charge in [-0.3, -0.25) is 15.1 Å². The van der Waals surface area contributed by atoms with E-state index >= 15 is 0 Å². The molecule has 3 heterocycles. The van der Waals surface area contributed by atoms with Gasteiger partial charge in [0.2, 0.25) is 0 Å². The summed E-state index contributed by atoms with van der Waals surface area (Å²) in [4.78, 5) is 37.5. The number of aromatic nitrogens is 1. The van der Waals surface area contributed by atoms with Gasteiger partial charge in [0.15, 0.2) is 5.58 Å². The highest BCUT2D eigenvalue weighted by atomic mass is 19.1. The monoisotopic (exact) mass is 470 g/mol. The fraction of sp³-hybridized carbons (Fsp3) is 0.318. The average Bonchev–Trinajstić information content (AvgIpc) is 3.32. The van der Waals surface area contributed by atoms with Crippen LogP contribution in [0.1, 0.15) is 0 Å². The van der Waals surface area contributed by atoms with E-state index in [-0.39, 0.29) is 32.3 Å². The number of ether oxygens (including phenoxy) is 1. The van der Waals surface area contributed by atoms with E-state index in [1.807, 2.05) is 12.1 Å². The maximum Gasteiger partial charge on any atom is 0.414 e. The molecule has 2 saturated heterocycles. The fourth-order valence-electron chi connectivity index (χ4n) is 3.90. The van der Waals surface area contributed by atoms with Crippen LogP contribution in [0.3, 0.4) is 0 Å². The molecule has 2 aromatic carbocycles. The molecule has 11 nitrogen and oxygen atoms in total. The zero-order valence-corrected chi connectivity index (χ0v) is 18.1. The molecular formula is C22H23FN6O5. The third-order valence-electron chi connectivity index (χ3n) is 5.64. The fourth-order valence-corrected chi connectivity index (χ4v) is 3.90. The lowest BCUT2D eigenvalue weighted by Crippen LogP contribution is -2.37. The van der Waals surface area contributed by atoms with Crippen molar-refractivity contribution in [3.8, 4) is 0 Å². The van der Waals surface area contributed by atoms with Crippen molar-refractivity contribution >= 4 is 40.6 Å². The number of benzene rings is 2. The molecule has 1 aromatic heterocycles. The van der Waals surface area contributed by atoms with Crippen LogP contribution in [-0.2, 0) is 9.57 Å². The number of halogens is 1. The first-order valence-electron chi connectivity index (χ1n) is 10.8. The summed E-state index contributed by atoms with van der Waals surface area (Å²) in [6, 6.07) is 11.2. The number of para-hydroxylation sites is 2. The van der Waals surface area contributed by atoms with Crippen LogP contribution in [0, 0.1) is 5.82 Å². The van der Waals surface area contributed by atoms with E-state index < -0.39 is 24.0 Å². The highest BCUT2D eigenvalue weighted by Crippen LogP contribution is 2.28. The van der Waals surface area contributed by atoms with Crippen LogP contribution < -0.4 is 20.9 Å². The van der Waals surface area contributed by atoms with Crippen molar-refractivity contribution in [2.45, 2.75) is 6.10 Å². The summed E-state index contributed by atoms with van der Waals surface area (Å²) in [5.74, 6) is -0.495. The van der Waals surface area contributed by atoms with E-state index in [9.17, 15) is 14.0 Å². The number of hydrogen-bond acceptors (Lipinski definition) is 8. The van der Waals surface area contributed by atoms with Gasteiger partial charge in [-0.2, -0.15) is 4.98 Å². The predicted octanol–water partition coefficient (Wildman–Crippen LogP) is 2.54. The normalized spacial score (nSPS) is 18.8. The first-order valence-corrected chi connectivity index (χ1v) is 10.8. The smallest absolute Gasteiger partial charge is 0.414 e. The van der Waals surface area contributed by atoms with Crippen LogP contribution in [0.5, 0.6) is 0 Å². The minimum atomic E-state index is -0.550. The molecule has 2 aliphatic rings. The molecule has 12 heteroatoms. The van der Waals surface area contributed by atoms with Crippen molar-refractivity contribution in [1.82, 2.24) is 10.0 Å². The van der Waals surface area contributed by atoms with Crippen molar-refractivity contribution in [1.29, 1.82) is 0 Å². The summed E-state index contributed by atoms with van der Waals surface area (Å²) >= 11 is 0. The number of fused-ring (bicyclic) bond motifs is 1. The van der Waals surface area contributed by atoms with Crippen molar-refractivity contribution in [3.05, 3.63) is 48.3 Å². The summed E-state index contributed by atoms with van der Waals surface area (Å²) in [7, 11) is 0. The van der Waals surface area contributed by atoms with E-state index in [4.69, 9.17) is 19.7 Å². The summed E-state index contributed by atoms with van der Waals surface area (Å²) < 4.78 is 25.6. The van der Waals surface area contributed by atoms with Gasteiger partial charge in [-0.1, -0.05) is 12.1 Å². The number of cyclic esters (lactones) is 1. The van der Waals surface area contributed by atoms with Crippen LogP contribution >= 0.6 is 0 Å². The predicted molar refractivity (Wildman–Crippen MR) is 121 cm³/mol. The molecule has 0 saturated carbocycles. The minimum absolute atomic E-state index is 0.0647. The summed E-state index contributed by atoms with van der Waals surface area (Å²) in [5, 5.41) is 3.74. The Kier molecular flexibility index (Phi) is 5.90. The van der Waals surface area contributed by atoms with E-state index in [1.165, 1.54) is 11.0 Å². The lowest BCUT2D eigenvalue weighted by Gasteiger charge is -2.23. The summed E-state index contributed by atoms with van der Waals surface area (Å²) in [6.45, 7) is 1.52. The third-order valence-corrected chi connectivity index (χ3v) is 5.64. The highest BCUT2D eigenvalue weighted by Gasteiger charge is 2.32. The maximum absolute atomic E-state index is 15.0. The Morgan fingerprint density at radius 3 is 2.82 bits per heavy atom. The van der Waals surface area contributed by atoms with Gasteiger partial charge in [0, 0.05) is 19.6 Å². The number of amides is 3. The number of hydrogen-bond donors (Lipinski definition) is 2. The highest BCUT2D eigenvalue weighted by molar-refractivity contribution is 5.90. The Bertz CT molecular complexity index is 1190. The van der Waals surface area contributed by atoms with Gasteiger partial charge in [0.05, 0.1) is 31.1 Å². The van der Waals surface area contributed by atoms with Gasteiger partial charge < -0.3 is 19.8 Å². The largest absolute Gasteiger partial charge is 0.443 e. The molecule has 34 heavy (non-hydrogen) atoms. The number of carbonyl (C=O) groups is 2. The average molecular weight is 470 g/mol.